The Labute approximate surface area is 112 Å². The topological polar surface area (TPSA) is 75.1 Å². The molecule has 1 aromatic rings. The molecule has 102 valence electrons. The molecule has 1 rings (SSSR count). The lowest BCUT2D eigenvalue weighted by Crippen LogP contribution is -2.35. The number of aliphatic hydroxyl groups is 1. The molecule has 0 fully saturated rings. The van der Waals surface area contributed by atoms with Crippen LogP contribution in [-0.4, -0.2) is 33.2 Å². The van der Waals surface area contributed by atoms with Crippen molar-refractivity contribution in [1.29, 1.82) is 0 Å². The molecule has 0 bridgehead atoms. The highest BCUT2D eigenvalue weighted by molar-refractivity contribution is 7.08. The normalized spacial score (nSPS) is 13.4. The third-order valence-electron chi connectivity index (χ3n) is 2.71. The number of rotatable bonds is 5. The lowest BCUT2D eigenvalue weighted by molar-refractivity contribution is 0.0931. The van der Waals surface area contributed by atoms with Crippen molar-refractivity contribution in [2.45, 2.75) is 52.0 Å². The summed E-state index contributed by atoms with van der Waals surface area (Å²) in [5.41, 5.74) is 0.530. The van der Waals surface area contributed by atoms with Crippen molar-refractivity contribution in [2.75, 3.05) is 6.61 Å². The summed E-state index contributed by atoms with van der Waals surface area (Å²) in [4.78, 5) is 12.7. The predicted octanol–water partition coefficient (Wildman–Crippen LogP) is 1.73. The van der Waals surface area contributed by atoms with E-state index in [2.05, 4.69) is 14.9 Å². The first-order valence-corrected chi connectivity index (χ1v) is 6.92. The molecule has 2 N–H and O–H groups in total. The van der Waals surface area contributed by atoms with Crippen LogP contribution < -0.4 is 5.32 Å². The van der Waals surface area contributed by atoms with Crippen molar-refractivity contribution in [1.82, 2.24) is 14.9 Å². The largest absolute Gasteiger partial charge is 0.396 e. The van der Waals surface area contributed by atoms with E-state index in [0.717, 1.165) is 23.6 Å². The number of carbonyl (C=O) groups excluding carboxylic acids is 1. The molecule has 1 atom stereocenters. The average molecular weight is 271 g/mol. The van der Waals surface area contributed by atoms with E-state index in [4.69, 9.17) is 5.11 Å². The van der Waals surface area contributed by atoms with Gasteiger partial charge in [0.2, 0.25) is 0 Å². The van der Waals surface area contributed by atoms with Crippen LogP contribution in [0.4, 0.5) is 0 Å². The van der Waals surface area contributed by atoms with Crippen LogP contribution in [0.3, 0.4) is 0 Å². The van der Waals surface area contributed by atoms with Gasteiger partial charge in [0, 0.05) is 18.1 Å². The van der Waals surface area contributed by atoms with Crippen LogP contribution in [0.1, 0.15) is 55.9 Å². The van der Waals surface area contributed by atoms with Crippen LogP contribution in [0.5, 0.6) is 0 Å². The summed E-state index contributed by atoms with van der Waals surface area (Å²) in [5, 5.41) is 15.9. The molecule has 6 heteroatoms. The number of carbonyl (C=O) groups is 1. The van der Waals surface area contributed by atoms with Crippen molar-refractivity contribution in [3.05, 3.63) is 10.6 Å². The molecule has 1 amide bonds. The number of aliphatic hydroxyl groups excluding tert-OH is 1. The van der Waals surface area contributed by atoms with Gasteiger partial charge in [-0.05, 0) is 24.4 Å². The van der Waals surface area contributed by atoms with E-state index in [9.17, 15) is 4.79 Å². The van der Waals surface area contributed by atoms with E-state index in [-0.39, 0.29) is 24.0 Å². The van der Waals surface area contributed by atoms with Crippen LogP contribution in [0.25, 0.3) is 0 Å². The number of nitrogens with one attached hydrogen (secondary N) is 1. The van der Waals surface area contributed by atoms with Crippen LogP contribution in [0.2, 0.25) is 0 Å². The number of nitrogens with zero attached hydrogens (tertiary/aromatic N) is 2. The summed E-state index contributed by atoms with van der Waals surface area (Å²) in [6.07, 6.45) is 1.36. The summed E-state index contributed by atoms with van der Waals surface area (Å²) >= 11 is 1.12. The molecule has 0 radical (unpaired) electrons. The maximum Gasteiger partial charge on any atom is 0.265 e. The molecule has 0 aliphatic heterocycles. The lowest BCUT2D eigenvalue weighted by Gasteiger charge is -2.18. The number of hydrogen-bond acceptors (Lipinski definition) is 5. The monoisotopic (exact) mass is 271 g/mol. The van der Waals surface area contributed by atoms with Gasteiger partial charge in [0.25, 0.3) is 5.91 Å². The van der Waals surface area contributed by atoms with E-state index in [1.807, 2.05) is 27.7 Å². The van der Waals surface area contributed by atoms with Gasteiger partial charge >= 0.3 is 0 Å². The van der Waals surface area contributed by atoms with Gasteiger partial charge in [-0.2, -0.15) is 0 Å². The molecule has 1 aromatic heterocycles. The molecule has 0 aliphatic rings. The molecule has 0 saturated carbocycles. The second-order valence-corrected chi connectivity index (χ2v) is 6.05. The Balaban J connectivity index is 2.82. The highest BCUT2D eigenvalue weighted by Crippen LogP contribution is 2.25. The van der Waals surface area contributed by atoms with Gasteiger partial charge in [0.05, 0.1) is 5.69 Å². The van der Waals surface area contributed by atoms with Gasteiger partial charge in [-0.25, -0.2) is 0 Å². The molecule has 0 aromatic carbocycles. The fraction of sp³-hybridized carbons (Fsp3) is 0.750. The van der Waals surface area contributed by atoms with Gasteiger partial charge in [-0.15, -0.1) is 5.10 Å². The lowest BCUT2D eigenvalue weighted by atomic mass is 9.91. The highest BCUT2D eigenvalue weighted by Gasteiger charge is 2.27. The Kier molecular flexibility index (Phi) is 5.22. The standard InChI is InChI=1S/C12H21N3O2S/c1-5-8(6-7-16)13-11(17)9-10(12(2,3)4)14-15-18-9/h8,16H,5-7H2,1-4H3,(H,13,17). The first-order chi connectivity index (χ1) is 8.40. The fourth-order valence-corrected chi connectivity index (χ4v) is 2.39. The van der Waals surface area contributed by atoms with Gasteiger partial charge in [0.15, 0.2) is 0 Å². The zero-order valence-corrected chi connectivity index (χ0v) is 12.2. The summed E-state index contributed by atoms with van der Waals surface area (Å²) < 4.78 is 3.87. The van der Waals surface area contributed by atoms with Crippen molar-refractivity contribution < 1.29 is 9.90 Å². The van der Waals surface area contributed by atoms with Gasteiger partial charge in [-0.1, -0.05) is 32.2 Å². The molecule has 0 saturated heterocycles. The van der Waals surface area contributed by atoms with Crippen molar-refractivity contribution in [2.24, 2.45) is 0 Å². The second kappa shape index (κ2) is 6.24. The van der Waals surface area contributed by atoms with Crippen molar-refractivity contribution >= 4 is 17.4 Å². The quantitative estimate of drug-likeness (QED) is 0.855. The Morgan fingerprint density at radius 2 is 2.17 bits per heavy atom. The third kappa shape index (κ3) is 3.74. The number of aromatic nitrogens is 2. The number of amides is 1. The summed E-state index contributed by atoms with van der Waals surface area (Å²) in [7, 11) is 0. The Hall–Kier alpha value is -1.01. The van der Waals surface area contributed by atoms with E-state index >= 15 is 0 Å². The van der Waals surface area contributed by atoms with Crippen LogP contribution in [0, 0.1) is 0 Å². The second-order valence-electron chi connectivity index (χ2n) is 5.29. The molecule has 1 heterocycles. The van der Waals surface area contributed by atoms with Crippen molar-refractivity contribution in [3.8, 4) is 0 Å². The van der Waals surface area contributed by atoms with Gasteiger partial charge in [0.1, 0.15) is 4.88 Å². The van der Waals surface area contributed by atoms with Gasteiger partial charge < -0.3 is 10.4 Å². The first kappa shape index (κ1) is 15.0. The van der Waals surface area contributed by atoms with Crippen molar-refractivity contribution in [3.63, 3.8) is 0 Å². The molecule has 1 unspecified atom stereocenters. The molecule has 18 heavy (non-hydrogen) atoms. The van der Waals surface area contributed by atoms with Crippen LogP contribution in [-0.2, 0) is 5.41 Å². The predicted molar refractivity (Wildman–Crippen MR) is 71.9 cm³/mol. The molecule has 5 nitrogen and oxygen atoms in total. The molecular formula is C12H21N3O2S. The molecular weight excluding hydrogens is 250 g/mol. The maximum absolute atomic E-state index is 12.2. The fourth-order valence-electron chi connectivity index (χ4n) is 1.62. The summed E-state index contributed by atoms with van der Waals surface area (Å²) in [6.45, 7) is 8.07. The number of hydrogen-bond donors (Lipinski definition) is 2. The highest BCUT2D eigenvalue weighted by atomic mass is 32.1. The minimum absolute atomic E-state index is 0.00239. The Bertz CT molecular complexity index is 398. The molecule has 0 spiro atoms. The minimum Gasteiger partial charge on any atom is -0.396 e. The first-order valence-electron chi connectivity index (χ1n) is 6.14. The molecule has 0 aliphatic carbocycles. The summed E-state index contributed by atoms with van der Waals surface area (Å²) in [6, 6.07) is -0.00239. The van der Waals surface area contributed by atoms with Crippen LogP contribution >= 0.6 is 11.5 Å². The maximum atomic E-state index is 12.2. The Morgan fingerprint density at radius 3 is 2.67 bits per heavy atom. The van der Waals surface area contributed by atoms with Crippen LogP contribution in [0.15, 0.2) is 0 Å². The smallest absolute Gasteiger partial charge is 0.265 e. The third-order valence-corrected chi connectivity index (χ3v) is 3.43. The minimum atomic E-state index is -0.196. The van der Waals surface area contributed by atoms with E-state index in [0.29, 0.717) is 11.3 Å². The zero-order valence-electron chi connectivity index (χ0n) is 11.4. The van der Waals surface area contributed by atoms with E-state index in [1.54, 1.807) is 0 Å². The summed E-state index contributed by atoms with van der Waals surface area (Å²) in [5.74, 6) is -0.143. The van der Waals surface area contributed by atoms with E-state index in [1.165, 1.54) is 0 Å². The van der Waals surface area contributed by atoms with E-state index < -0.39 is 0 Å². The Morgan fingerprint density at radius 1 is 1.50 bits per heavy atom. The van der Waals surface area contributed by atoms with Gasteiger partial charge in [-0.3, -0.25) is 4.79 Å². The average Bonchev–Trinajstić information content (AvgIpc) is 2.76. The SMILES string of the molecule is CCC(CCO)NC(=O)c1snnc1C(C)(C)C. The zero-order chi connectivity index (χ0) is 13.8.